The second-order valence-corrected chi connectivity index (χ2v) is 8.03. The number of hydrogen-bond donors (Lipinski definition) is 3. The molecule has 0 saturated heterocycles. The van der Waals surface area contributed by atoms with Crippen molar-refractivity contribution in [3.63, 3.8) is 0 Å². The monoisotopic (exact) mass is 488 g/mol. The smallest absolute Gasteiger partial charge is 0.329 e. The number of carbonyl (C=O) groups is 3. The van der Waals surface area contributed by atoms with E-state index in [1.54, 1.807) is 36.4 Å². The molecule has 2 aromatic rings. The minimum atomic E-state index is -0.874. The highest BCUT2D eigenvalue weighted by atomic mass is 35.5. The van der Waals surface area contributed by atoms with Crippen LogP contribution in [-0.2, 0) is 19.1 Å². The third kappa shape index (κ3) is 10.0. The summed E-state index contributed by atoms with van der Waals surface area (Å²) in [5.74, 6) is -1.55. The molecule has 0 bridgehead atoms. The first kappa shape index (κ1) is 26.8. The molecule has 0 aliphatic carbocycles. The van der Waals surface area contributed by atoms with Crippen LogP contribution < -0.4 is 20.8 Å². The summed E-state index contributed by atoms with van der Waals surface area (Å²) < 4.78 is 10.9. The molecule has 3 amide bonds. The van der Waals surface area contributed by atoms with E-state index >= 15 is 0 Å². The van der Waals surface area contributed by atoms with Crippen molar-refractivity contribution in [3.8, 4) is 5.75 Å². The number of aryl methyl sites for hydroxylation is 1. The quantitative estimate of drug-likeness (QED) is 0.194. The molecule has 0 heterocycles. The number of hydrogen-bond acceptors (Lipinski definition) is 6. The Morgan fingerprint density at radius 2 is 1.91 bits per heavy atom. The van der Waals surface area contributed by atoms with Gasteiger partial charge in [-0.05, 0) is 62.6 Å². The Kier molecular flexibility index (Phi) is 11.0. The normalized spacial score (nSPS) is 10.9. The van der Waals surface area contributed by atoms with Crippen molar-refractivity contribution < 1.29 is 23.9 Å². The molecule has 0 spiro atoms. The van der Waals surface area contributed by atoms with Gasteiger partial charge in [0, 0.05) is 23.9 Å². The zero-order valence-electron chi connectivity index (χ0n) is 19.4. The fourth-order valence-corrected chi connectivity index (χ4v) is 2.81. The predicted octanol–water partition coefficient (Wildman–Crippen LogP) is 3.05. The molecule has 0 atom stereocenters. The van der Waals surface area contributed by atoms with E-state index in [1.807, 2.05) is 26.8 Å². The lowest BCUT2D eigenvalue weighted by Crippen LogP contribution is -2.38. The second kappa shape index (κ2) is 14.0. The number of anilines is 1. The highest BCUT2D eigenvalue weighted by Crippen LogP contribution is 2.20. The van der Waals surface area contributed by atoms with E-state index in [-0.39, 0.29) is 18.6 Å². The molecule has 0 aliphatic heterocycles. The Bertz CT molecular complexity index is 1030. The van der Waals surface area contributed by atoms with Gasteiger partial charge in [0.2, 0.25) is 0 Å². The summed E-state index contributed by atoms with van der Waals surface area (Å²) >= 11 is 5.96. The third-order valence-electron chi connectivity index (χ3n) is 4.35. The summed E-state index contributed by atoms with van der Waals surface area (Å²) in [6, 6.07) is 12.0. The zero-order chi connectivity index (χ0) is 24.9. The van der Waals surface area contributed by atoms with E-state index in [0.29, 0.717) is 41.6 Å². The lowest BCUT2D eigenvalue weighted by molar-refractivity contribution is -0.139. The second-order valence-electron chi connectivity index (χ2n) is 7.60. The summed E-state index contributed by atoms with van der Waals surface area (Å²) in [5.41, 5.74) is 4.27. The molecule has 0 aromatic heterocycles. The van der Waals surface area contributed by atoms with E-state index in [1.165, 1.54) is 6.21 Å². The first-order valence-corrected chi connectivity index (χ1v) is 11.1. The number of amides is 3. The summed E-state index contributed by atoms with van der Waals surface area (Å²) in [4.78, 5) is 35.7. The van der Waals surface area contributed by atoms with Gasteiger partial charge >= 0.3 is 11.8 Å². The molecule has 0 fully saturated rings. The van der Waals surface area contributed by atoms with Crippen LogP contribution in [-0.4, -0.2) is 49.8 Å². The SMILES string of the molecule is Cc1ccc(Cl)cc1NC(=O)COc1cccc(/C=N\NC(=O)C(=O)NCCCOC(C)C)c1. The van der Waals surface area contributed by atoms with E-state index in [0.717, 1.165) is 5.56 Å². The highest BCUT2D eigenvalue weighted by Gasteiger charge is 2.11. The van der Waals surface area contributed by atoms with Crippen LogP contribution in [0, 0.1) is 6.92 Å². The van der Waals surface area contributed by atoms with E-state index in [9.17, 15) is 14.4 Å². The molecule has 182 valence electrons. The number of nitrogens with one attached hydrogen (secondary N) is 3. The van der Waals surface area contributed by atoms with Crippen molar-refractivity contribution in [2.24, 2.45) is 5.10 Å². The zero-order valence-corrected chi connectivity index (χ0v) is 20.1. The lowest BCUT2D eigenvalue weighted by atomic mass is 10.2. The minimum absolute atomic E-state index is 0.118. The fourth-order valence-electron chi connectivity index (χ4n) is 2.64. The van der Waals surface area contributed by atoms with Crippen LogP contribution in [0.2, 0.25) is 5.02 Å². The van der Waals surface area contributed by atoms with Crippen LogP contribution >= 0.6 is 11.6 Å². The Morgan fingerprint density at radius 1 is 1.12 bits per heavy atom. The average molecular weight is 489 g/mol. The van der Waals surface area contributed by atoms with Gasteiger partial charge in [-0.1, -0.05) is 29.8 Å². The minimum Gasteiger partial charge on any atom is -0.484 e. The number of benzene rings is 2. The molecule has 9 nitrogen and oxygen atoms in total. The van der Waals surface area contributed by atoms with Gasteiger partial charge in [-0.2, -0.15) is 5.10 Å². The lowest BCUT2D eigenvalue weighted by Gasteiger charge is -2.10. The Hall–Kier alpha value is -3.43. The summed E-state index contributed by atoms with van der Waals surface area (Å²) in [7, 11) is 0. The number of rotatable bonds is 11. The van der Waals surface area contributed by atoms with Gasteiger partial charge in [0.25, 0.3) is 5.91 Å². The summed E-state index contributed by atoms with van der Waals surface area (Å²) in [6.07, 6.45) is 2.08. The summed E-state index contributed by atoms with van der Waals surface area (Å²) in [6.45, 7) is 6.33. The summed E-state index contributed by atoms with van der Waals surface area (Å²) in [5, 5.41) is 9.55. The van der Waals surface area contributed by atoms with Crippen LogP contribution in [0.3, 0.4) is 0 Å². The first-order valence-electron chi connectivity index (χ1n) is 10.8. The molecule has 10 heteroatoms. The van der Waals surface area contributed by atoms with Crippen LogP contribution in [0.4, 0.5) is 5.69 Å². The average Bonchev–Trinajstić information content (AvgIpc) is 2.79. The van der Waals surface area contributed by atoms with Crippen molar-refractivity contribution in [3.05, 3.63) is 58.6 Å². The molecular weight excluding hydrogens is 460 g/mol. The van der Waals surface area contributed by atoms with Crippen LogP contribution in [0.25, 0.3) is 0 Å². The molecule has 0 saturated carbocycles. The van der Waals surface area contributed by atoms with Crippen molar-refractivity contribution in [2.75, 3.05) is 25.1 Å². The standard InChI is InChI=1S/C24H29ClN4O5/c1-16(2)33-11-5-10-26-23(31)24(32)29-27-14-18-6-4-7-20(12-18)34-15-22(30)28-21-13-19(25)9-8-17(21)3/h4,6-9,12-14,16H,5,10-11,15H2,1-3H3,(H,26,31)(H,28,30)(H,29,32)/b27-14-. The number of hydrazone groups is 1. The van der Waals surface area contributed by atoms with Gasteiger partial charge in [-0.15, -0.1) is 0 Å². The Balaban J connectivity index is 1.76. The van der Waals surface area contributed by atoms with Gasteiger partial charge in [0.05, 0.1) is 12.3 Å². The van der Waals surface area contributed by atoms with Crippen LogP contribution in [0.15, 0.2) is 47.6 Å². The Morgan fingerprint density at radius 3 is 2.68 bits per heavy atom. The van der Waals surface area contributed by atoms with Gasteiger partial charge in [-0.25, -0.2) is 5.43 Å². The molecule has 0 radical (unpaired) electrons. The molecule has 0 aliphatic rings. The van der Waals surface area contributed by atoms with E-state index < -0.39 is 11.8 Å². The number of ether oxygens (including phenoxy) is 2. The highest BCUT2D eigenvalue weighted by molar-refractivity contribution is 6.35. The molecule has 34 heavy (non-hydrogen) atoms. The van der Waals surface area contributed by atoms with Crippen molar-refractivity contribution in [2.45, 2.75) is 33.3 Å². The molecule has 0 unspecified atom stereocenters. The van der Waals surface area contributed by atoms with Crippen molar-refractivity contribution >= 4 is 41.2 Å². The van der Waals surface area contributed by atoms with Gasteiger partial charge in [0.1, 0.15) is 5.75 Å². The fraction of sp³-hybridized carbons (Fsp3) is 0.333. The predicted molar refractivity (Wildman–Crippen MR) is 131 cm³/mol. The maximum atomic E-state index is 12.2. The van der Waals surface area contributed by atoms with Crippen molar-refractivity contribution in [1.29, 1.82) is 0 Å². The molecular formula is C24H29ClN4O5. The first-order chi connectivity index (χ1) is 16.2. The van der Waals surface area contributed by atoms with Crippen LogP contribution in [0.5, 0.6) is 5.75 Å². The number of halogens is 1. The molecule has 2 rings (SSSR count). The van der Waals surface area contributed by atoms with E-state index in [2.05, 4.69) is 21.2 Å². The van der Waals surface area contributed by atoms with E-state index in [4.69, 9.17) is 21.1 Å². The van der Waals surface area contributed by atoms with Crippen LogP contribution in [0.1, 0.15) is 31.4 Å². The van der Waals surface area contributed by atoms with Crippen molar-refractivity contribution in [1.82, 2.24) is 10.7 Å². The van der Waals surface area contributed by atoms with Gasteiger partial charge < -0.3 is 20.1 Å². The number of nitrogens with zero attached hydrogens (tertiary/aromatic N) is 1. The largest absolute Gasteiger partial charge is 0.484 e. The maximum Gasteiger partial charge on any atom is 0.329 e. The van der Waals surface area contributed by atoms with Gasteiger partial charge in [0.15, 0.2) is 6.61 Å². The topological polar surface area (TPSA) is 118 Å². The number of carbonyl (C=O) groups excluding carboxylic acids is 3. The maximum absolute atomic E-state index is 12.2. The molecule has 3 N–H and O–H groups in total. The molecule has 2 aromatic carbocycles. The Labute approximate surface area is 203 Å². The van der Waals surface area contributed by atoms with Gasteiger partial charge in [-0.3, -0.25) is 14.4 Å². The third-order valence-corrected chi connectivity index (χ3v) is 4.58.